The summed E-state index contributed by atoms with van der Waals surface area (Å²) in [5.74, 6) is -0.0505. The Morgan fingerprint density at radius 3 is 2.92 bits per heavy atom. The van der Waals surface area contributed by atoms with Crippen molar-refractivity contribution < 1.29 is 9.90 Å². The molecule has 2 N–H and O–H groups in total. The third-order valence-electron chi connectivity index (χ3n) is 4.55. The van der Waals surface area contributed by atoms with E-state index in [0.717, 1.165) is 24.1 Å². The Labute approximate surface area is 147 Å². The molecule has 0 spiro atoms. The number of rotatable bonds is 5. The number of carbonyl (C=O) groups excluding carboxylic acids is 1. The number of para-hydroxylation sites is 1. The van der Waals surface area contributed by atoms with E-state index in [4.69, 9.17) is 5.26 Å². The standard InChI is InChI=1S/C20H21N3O2/c21-12-15-5-3-6-16(11-15)13-22-19-9-2-1-8-18(19)20(25)23-10-4-7-17(23)14-24/h1-3,5-6,8-9,11,17,22,24H,4,7,10,13-14H2. The highest BCUT2D eigenvalue weighted by Crippen LogP contribution is 2.24. The van der Waals surface area contributed by atoms with Gasteiger partial charge in [-0.15, -0.1) is 0 Å². The van der Waals surface area contributed by atoms with Gasteiger partial charge in [0.15, 0.2) is 0 Å². The van der Waals surface area contributed by atoms with Gasteiger partial charge in [0.05, 0.1) is 29.8 Å². The summed E-state index contributed by atoms with van der Waals surface area (Å²) in [6, 6.07) is 16.9. The minimum Gasteiger partial charge on any atom is -0.394 e. The maximum absolute atomic E-state index is 12.9. The molecule has 2 aromatic carbocycles. The van der Waals surface area contributed by atoms with Crippen LogP contribution in [0.4, 0.5) is 5.69 Å². The highest BCUT2D eigenvalue weighted by molar-refractivity contribution is 6.00. The van der Waals surface area contributed by atoms with Gasteiger partial charge in [-0.05, 0) is 42.7 Å². The number of nitriles is 1. The Bertz CT molecular complexity index is 798. The lowest BCUT2D eigenvalue weighted by atomic mass is 10.1. The number of likely N-dealkylation sites (tertiary alicyclic amines) is 1. The summed E-state index contributed by atoms with van der Waals surface area (Å²) in [4.78, 5) is 14.6. The number of nitrogens with one attached hydrogen (secondary N) is 1. The maximum Gasteiger partial charge on any atom is 0.256 e. The molecule has 0 saturated carbocycles. The fourth-order valence-electron chi connectivity index (χ4n) is 3.22. The number of aliphatic hydroxyl groups excluding tert-OH is 1. The van der Waals surface area contributed by atoms with E-state index < -0.39 is 0 Å². The molecule has 25 heavy (non-hydrogen) atoms. The first kappa shape index (κ1) is 17.0. The smallest absolute Gasteiger partial charge is 0.256 e. The lowest BCUT2D eigenvalue weighted by Gasteiger charge is -2.24. The Morgan fingerprint density at radius 2 is 2.12 bits per heavy atom. The van der Waals surface area contributed by atoms with E-state index in [0.29, 0.717) is 24.2 Å². The topological polar surface area (TPSA) is 76.4 Å². The maximum atomic E-state index is 12.9. The van der Waals surface area contributed by atoms with Crippen molar-refractivity contribution in [3.63, 3.8) is 0 Å². The molecular weight excluding hydrogens is 314 g/mol. The molecule has 0 aliphatic carbocycles. The first-order valence-electron chi connectivity index (χ1n) is 8.46. The van der Waals surface area contributed by atoms with E-state index in [-0.39, 0.29) is 18.6 Å². The molecule has 1 amide bonds. The van der Waals surface area contributed by atoms with E-state index in [9.17, 15) is 9.90 Å². The average molecular weight is 335 g/mol. The normalized spacial score (nSPS) is 16.5. The summed E-state index contributed by atoms with van der Waals surface area (Å²) in [5.41, 5.74) is 2.97. The van der Waals surface area contributed by atoms with Gasteiger partial charge >= 0.3 is 0 Å². The first-order valence-corrected chi connectivity index (χ1v) is 8.46. The molecule has 1 unspecified atom stereocenters. The van der Waals surface area contributed by atoms with E-state index >= 15 is 0 Å². The van der Waals surface area contributed by atoms with Crippen LogP contribution >= 0.6 is 0 Å². The van der Waals surface area contributed by atoms with Crippen molar-refractivity contribution in [2.75, 3.05) is 18.5 Å². The summed E-state index contributed by atoms with van der Waals surface area (Å²) >= 11 is 0. The number of nitrogens with zero attached hydrogens (tertiary/aromatic N) is 2. The first-order chi connectivity index (χ1) is 12.2. The van der Waals surface area contributed by atoms with Crippen LogP contribution in [-0.4, -0.2) is 35.1 Å². The second kappa shape index (κ2) is 7.82. The molecule has 0 bridgehead atoms. The van der Waals surface area contributed by atoms with Crippen molar-refractivity contribution in [1.82, 2.24) is 4.90 Å². The van der Waals surface area contributed by atoms with Crippen LogP contribution < -0.4 is 5.32 Å². The molecule has 1 fully saturated rings. The molecule has 5 heteroatoms. The average Bonchev–Trinajstić information content (AvgIpc) is 3.15. The Morgan fingerprint density at radius 1 is 1.28 bits per heavy atom. The largest absolute Gasteiger partial charge is 0.394 e. The van der Waals surface area contributed by atoms with Gasteiger partial charge in [-0.3, -0.25) is 4.79 Å². The number of amides is 1. The van der Waals surface area contributed by atoms with E-state index in [1.54, 1.807) is 11.0 Å². The van der Waals surface area contributed by atoms with Crippen LogP contribution in [0.2, 0.25) is 0 Å². The highest BCUT2D eigenvalue weighted by atomic mass is 16.3. The SMILES string of the molecule is N#Cc1cccc(CNc2ccccc2C(=O)N2CCCC2CO)c1. The van der Waals surface area contributed by atoms with Crippen LogP contribution in [0.15, 0.2) is 48.5 Å². The van der Waals surface area contributed by atoms with Gasteiger partial charge in [0.1, 0.15) is 0 Å². The molecule has 1 heterocycles. The molecule has 1 atom stereocenters. The molecule has 2 aromatic rings. The number of benzene rings is 2. The summed E-state index contributed by atoms with van der Waals surface area (Å²) in [6.45, 7) is 1.22. The number of hydrogen-bond acceptors (Lipinski definition) is 4. The molecule has 5 nitrogen and oxygen atoms in total. The Balaban J connectivity index is 1.77. The molecule has 1 aliphatic rings. The number of aliphatic hydroxyl groups is 1. The van der Waals surface area contributed by atoms with Crippen molar-refractivity contribution in [1.29, 1.82) is 5.26 Å². The molecule has 1 saturated heterocycles. The third kappa shape index (κ3) is 3.81. The predicted molar refractivity (Wildman–Crippen MR) is 96.1 cm³/mol. The monoisotopic (exact) mass is 335 g/mol. The van der Waals surface area contributed by atoms with E-state index in [1.165, 1.54) is 0 Å². The van der Waals surface area contributed by atoms with Crippen LogP contribution in [-0.2, 0) is 6.54 Å². The van der Waals surface area contributed by atoms with Crippen molar-refractivity contribution in [2.45, 2.75) is 25.4 Å². The number of carbonyl (C=O) groups is 1. The minimum absolute atomic E-state index is 0.00227. The molecule has 0 radical (unpaired) electrons. The number of anilines is 1. The second-order valence-electron chi connectivity index (χ2n) is 6.19. The zero-order valence-electron chi connectivity index (χ0n) is 14.0. The highest BCUT2D eigenvalue weighted by Gasteiger charge is 2.29. The van der Waals surface area contributed by atoms with Crippen LogP contribution in [0.5, 0.6) is 0 Å². The summed E-state index contributed by atoms with van der Waals surface area (Å²) in [7, 11) is 0. The third-order valence-corrected chi connectivity index (χ3v) is 4.55. The molecule has 0 aromatic heterocycles. The van der Waals surface area contributed by atoms with Gasteiger partial charge in [-0.1, -0.05) is 24.3 Å². The second-order valence-corrected chi connectivity index (χ2v) is 6.19. The fraction of sp³-hybridized carbons (Fsp3) is 0.300. The number of hydrogen-bond donors (Lipinski definition) is 2. The zero-order chi connectivity index (χ0) is 17.6. The van der Waals surface area contributed by atoms with Crippen LogP contribution in [0.3, 0.4) is 0 Å². The van der Waals surface area contributed by atoms with Gasteiger partial charge in [0.2, 0.25) is 0 Å². The quantitative estimate of drug-likeness (QED) is 0.881. The van der Waals surface area contributed by atoms with Crippen molar-refractivity contribution in [2.24, 2.45) is 0 Å². The van der Waals surface area contributed by atoms with Gasteiger partial charge in [0.25, 0.3) is 5.91 Å². The summed E-state index contributed by atoms with van der Waals surface area (Å²) in [5, 5.41) is 21.8. The van der Waals surface area contributed by atoms with Gasteiger partial charge in [0, 0.05) is 18.8 Å². The Kier molecular flexibility index (Phi) is 5.32. The van der Waals surface area contributed by atoms with Crippen LogP contribution in [0.25, 0.3) is 0 Å². The Hall–Kier alpha value is -2.84. The van der Waals surface area contributed by atoms with Crippen molar-refractivity contribution >= 4 is 11.6 Å². The van der Waals surface area contributed by atoms with E-state index in [2.05, 4.69) is 11.4 Å². The lowest BCUT2D eigenvalue weighted by Crippen LogP contribution is -2.37. The molecular formula is C20H21N3O2. The van der Waals surface area contributed by atoms with E-state index in [1.807, 2.05) is 42.5 Å². The molecule has 3 rings (SSSR count). The lowest BCUT2D eigenvalue weighted by molar-refractivity contribution is 0.0678. The van der Waals surface area contributed by atoms with Crippen molar-refractivity contribution in [3.05, 3.63) is 65.2 Å². The van der Waals surface area contributed by atoms with Gasteiger partial charge in [-0.25, -0.2) is 0 Å². The summed E-state index contributed by atoms with van der Waals surface area (Å²) in [6.07, 6.45) is 1.77. The zero-order valence-corrected chi connectivity index (χ0v) is 14.0. The predicted octanol–water partition coefficient (Wildman–Crippen LogP) is 2.77. The van der Waals surface area contributed by atoms with Gasteiger partial charge in [-0.2, -0.15) is 5.26 Å². The van der Waals surface area contributed by atoms with Crippen molar-refractivity contribution in [3.8, 4) is 6.07 Å². The van der Waals surface area contributed by atoms with Gasteiger partial charge < -0.3 is 15.3 Å². The van der Waals surface area contributed by atoms with Crippen LogP contribution in [0.1, 0.15) is 34.3 Å². The fourth-order valence-corrected chi connectivity index (χ4v) is 3.22. The van der Waals surface area contributed by atoms with Crippen LogP contribution in [0, 0.1) is 11.3 Å². The minimum atomic E-state index is -0.0899. The molecule has 1 aliphatic heterocycles. The summed E-state index contributed by atoms with van der Waals surface area (Å²) < 4.78 is 0. The molecule has 128 valence electrons.